The number of nitrogens with zero attached hydrogens (tertiary/aromatic N) is 3. The number of fused-ring (bicyclic) bond motifs is 2. The number of rotatable bonds is 17. The van der Waals surface area contributed by atoms with Gasteiger partial charge in [0.1, 0.15) is 40.8 Å². The van der Waals surface area contributed by atoms with E-state index in [9.17, 15) is 9.59 Å². The van der Waals surface area contributed by atoms with Gasteiger partial charge in [0.2, 0.25) is 0 Å². The molecule has 0 amide bonds. The molecule has 0 saturated heterocycles. The maximum atomic E-state index is 12.6. The first-order valence-electron chi connectivity index (χ1n) is 17.2. The molecule has 0 fully saturated rings. The molecule has 0 atom stereocenters. The third-order valence-corrected chi connectivity index (χ3v) is 8.30. The topological polar surface area (TPSA) is 128 Å². The van der Waals surface area contributed by atoms with Gasteiger partial charge in [0.15, 0.2) is 10.9 Å². The minimum atomic E-state index is -0.0907. The summed E-state index contributed by atoms with van der Waals surface area (Å²) < 4.78 is 36.7. The highest BCUT2D eigenvalue weighted by Crippen LogP contribution is 2.26. The van der Waals surface area contributed by atoms with E-state index in [0.717, 1.165) is 23.2 Å². The van der Waals surface area contributed by atoms with Gasteiger partial charge in [0.05, 0.1) is 56.0 Å². The summed E-state index contributed by atoms with van der Waals surface area (Å²) in [7, 11) is 0. The third kappa shape index (κ3) is 8.81. The lowest BCUT2D eigenvalue weighted by Crippen LogP contribution is -2.13. The van der Waals surface area contributed by atoms with Crippen LogP contribution in [0.25, 0.3) is 44.6 Å². The maximum absolute atomic E-state index is 12.6. The molecule has 0 aliphatic carbocycles. The number of aryl methyl sites for hydroxylation is 1. The van der Waals surface area contributed by atoms with E-state index in [-0.39, 0.29) is 10.9 Å². The van der Waals surface area contributed by atoms with Crippen LogP contribution in [-0.4, -0.2) is 54.6 Å². The van der Waals surface area contributed by atoms with Gasteiger partial charge >= 0.3 is 0 Å². The van der Waals surface area contributed by atoms with Crippen LogP contribution in [0.2, 0.25) is 0 Å². The Hall–Kier alpha value is -6.04. The molecule has 0 spiro atoms. The standard InChI is InChI=1S/C41H37N3O8/c45-36-26-40(51-38-11-5-4-10-34(36)38)30-12-14-32(15-13-30)50-24-23-48-22-21-47-20-18-44-28-31(42-43-44)9-6-19-49-33-16-17-35-37(46)27-39(52-41(35)25-33)29-7-2-1-3-8-29/h1-5,7-8,10-17,25-28H,6,9,18-24H2. The molecule has 11 nitrogen and oxygen atoms in total. The van der Waals surface area contributed by atoms with Gasteiger partial charge in [-0.05, 0) is 61.4 Å². The maximum Gasteiger partial charge on any atom is 0.193 e. The minimum absolute atomic E-state index is 0.0726. The predicted octanol–water partition coefficient (Wildman–Crippen LogP) is 6.95. The number of aromatic nitrogens is 3. The molecular formula is C41H37N3O8. The van der Waals surface area contributed by atoms with Gasteiger partial charge in [-0.3, -0.25) is 9.59 Å². The van der Waals surface area contributed by atoms with Gasteiger partial charge in [-0.1, -0.05) is 47.7 Å². The largest absolute Gasteiger partial charge is 0.493 e. The summed E-state index contributed by atoms with van der Waals surface area (Å²) >= 11 is 0. The lowest BCUT2D eigenvalue weighted by atomic mass is 10.1. The van der Waals surface area contributed by atoms with Gasteiger partial charge in [0, 0.05) is 35.5 Å². The summed E-state index contributed by atoms with van der Waals surface area (Å²) in [6.45, 7) is 3.27. The Morgan fingerprint density at radius 3 is 2.02 bits per heavy atom. The number of benzene rings is 4. The number of para-hydroxylation sites is 1. The molecule has 0 N–H and O–H groups in total. The van der Waals surface area contributed by atoms with Crippen molar-refractivity contribution in [2.75, 3.05) is 39.6 Å². The summed E-state index contributed by atoms with van der Waals surface area (Å²) in [5, 5.41) is 9.52. The quantitative estimate of drug-likeness (QED) is 0.0922. The van der Waals surface area contributed by atoms with Crippen molar-refractivity contribution < 1.29 is 27.8 Å². The Labute approximate surface area is 298 Å². The molecule has 0 bridgehead atoms. The third-order valence-electron chi connectivity index (χ3n) is 8.30. The van der Waals surface area contributed by atoms with E-state index in [1.54, 1.807) is 35.0 Å². The molecule has 4 aromatic carbocycles. The molecule has 0 aliphatic heterocycles. The molecule has 7 aromatic rings. The molecule has 52 heavy (non-hydrogen) atoms. The smallest absolute Gasteiger partial charge is 0.193 e. The van der Waals surface area contributed by atoms with Crippen molar-refractivity contribution in [1.82, 2.24) is 15.0 Å². The van der Waals surface area contributed by atoms with Crippen LogP contribution in [0.3, 0.4) is 0 Å². The van der Waals surface area contributed by atoms with Gasteiger partial charge in [-0.2, -0.15) is 0 Å². The highest BCUT2D eigenvalue weighted by Gasteiger charge is 2.10. The van der Waals surface area contributed by atoms with Crippen molar-refractivity contribution in [3.63, 3.8) is 0 Å². The number of hydrogen-bond donors (Lipinski definition) is 0. The Morgan fingerprint density at radius 1 is 0.577 bits per heavy atom. The zero-order chi connectivity index (χ0) is 35.5. The van der Waals surface area contributed by atoms with Gasteiger partial charge in [0.25, 0.3) is 0 Å². The van der Waals surface area contributed by atoms with E-state index >= 15 is 0 Å². The van der Waals surface area contributed by atoms with E-state index < -0.39 is 0 Å². The second-order valence-corrected chi connectivity index (χ2v) is 12.0. The van der Waals surface area contributed by atoms with E-state index in [2.05, 4.69) is 10.3 Å². The van der Waals surface area contributed by atoms with Crippen LogP contribution in [0.1, 0.15) is 12.1 Å². The molecule has 0 radical (unpaired) electrons. The van der Waals surface area contributed by atoms with E-state index in [1.165, 1.54) is 12.1 Å². The molecule has 0 aliphatic rings. The fourth-order valence-corrected chi connectivity index (χ4v) is 5.64. The molecule has 0 unspecified atom stereocenters. The minimum Gasteiger partial charge on any atom is -0.493 e. The molecule has 0 saturated carbocycles. The highest BCUT2D eigenvalue weighted by atomic mass is 16.5. The van der Waals surface area contributed by atoms with Crippen molar-refractivity contribution in [2.24, 2.45) is 0 Å². The zero-order valence-corrected chi connectivity index (χ0v) is 28.4. The van der Waals surface area contributed by atoms with Crippen LogP contribution in [-0.2, 0) is 22.4 Å². The normalized spacial score (nSPS) is 11.3. The van der Waals surface area contributed by atoms with Crippen LogP contribution in [0, 0.1) is 0 Å². The number of ether oxygens (including phenoxy) is 4. The Kier molecular flexibility index (Phi) is 11.1. The highest BCUT2D eigenvalue weighted by molar-refractivity contribution is 5.80. The average molecular weight is 700 g/mol. The van der Waals surface area contributed by atoms with E-state index in [4.69, 9.17) is 27.8 Å². The first-order valence-corrected chi connectivity index (χ1v) is 17.2. The molecule has 3 heterocycles. The Balaban J connectivity index is 0.751. The van der Waals surface area contributed by atoms with Crippen LogP contribution in [0.5, 0.6) is 11.5 Å². The van der Waals surface area contributed by atoms with Gasteiger partial charge in [-0.25, -0.2) is 4.68 Å². The molecular weight excluding hydrogens is 662 g/mol. The number of hydrogen-bond acceptors (Lipinski definition) is 10. The molecule has 11 heteroatoms. The molecule has 3 aromatic heterocycles. The molecule has 264 valence electrons. The SMILES string of the molecule is O=c1cc(-c2ccc(OCCOCCOCCn3cc(CCCOc4ccc5c(=O)cc(-c6ccccc6)oc5c4)nn3)cc2)oc2ccccc12. The monoisotopic (exact) mass is 699 g/mol. The van der Waals surface area contributed by atoms with E-state index in [1.807, 2.05) is 72.9 Å². The zero-order valence-electron chi connectivity index (χ0n) is 28.4. The van der Waals surface area contributed by atoms with Crippen molar-refractivity contribution in [3.8, 4) is 34.1 Å². The van der Waals surface area contributed by atoms with Crippen LogP contribution >= 0.6 is 0 Å². The van der Waals surface area contributed by atoms with Crippen molar-refractivity contribution in [1.29, 1.82) is 0 Å². The van der Waals surface area contributed by atoms with Gasteiger partial charge < -0.3 is 27.8 Å². The Bertz CT molecular complexity index is 2350. The first kappa shape index (κ1) is 34.4. The fourth-order valence-electron chi connectivity index (χ4n) is 5.64. The summed E-state index contributed by atoms with van der Waals surface area (Å²) in [6, 6.07) is 32.5. The average Bonchev–Trinajstić information content (AvgIpc) is 3.63. The van der Waals surface area contributed by atoms with Crippen molar-refractivity contribution >= 4 is 21.9 Å². The predicted molar refractivity (Wildman–Crippen MR) is 197 cm³/mol. The Morgan fingerprint density at radius 2 is 1.21 bits per heavy atom. The lowest BCUT2D eigenvalue weighted by molar-refractivity contribution is 0.0333. The second kappa shape index (κ2) is 16.8. The molecule has 7 rings (SSSR count). The summed E-state index contributed by atoms with van der Waals surface area (Å²) in [4.78, 5) is 25.0. The fraction of sp³-hybridized carbons (Fsp3) is 0.220. The van der Waals surface area contributed by atoms with Crippen LogP contribution in [0.15, 0.2) is 134 Å². The summed E-state index contributed by atoms with van der Waals surface area (Å²) in [6.07, 6.45) is 3.37. The summed E-state index contributed by atoms with van der Waals surface area (Å²) in [5.74, 6) is 2.38. The summed E-state index contributed by atoms with van der Waals surface area (Å²) in [5.41, 5.74) is 3.40. The second-order valence-electron chi connectivity index (χ2n) is 12.0. The van der Waals surface area contributed by atoms with Gasteiger partial charge in [-0.15, -0.1) is 5.10 Å². The van der Waals surface area contributed by atoms with Crippen molar-refractivity contribution in [2.45, 2.75) is 19.4 Å². The van der Waals surface area contributed by atoms with Crippen molar-refractivity contribution in [3.05, 3.63) is 142 Å². The van der Waals surface area contributed by atoms with Crippen LogP contribution < -0.4 is 20.3 Å². The lowest BCUT2D eigenvalue weighted by Gasteiger charge is -2.09. The van der Waals surface area contributed by atoms with Crippen LogP contribution in [0.4, 0.5) is 0 Å². The van der Waals surface area contributed by atoms with E-state index in [0.29, 0.717) is 97.6 Å². The first-order chi connectivity index (χ1) is 25.6.